The smallest absolute Gasteiger partial charge is 0.254 e. The van der Waals surface area contributed by atoms with Crippen LogP contribution in [0.3, 0.4) is 0 Å². The first-order chi connectivity index (χ1) is 8.99. The first-order valence-electron chi connectivity index (χ1n) is 6.07. The van der Waals surface area contributed by atoms with Crippen molar-refractivity contribution < 1.29 is 14.3 Å². The van der Waals surface area contributed by atoms with Gasteiger partial charge in [0.2, 0.25) is 0 Å². The van der Waals surface area contributed by atoms with E-state index in [9.17, 15) is 9.90 Å². The molecule has 0 aliphatic carbocycles. The van der Waals surface area contributed by atoms with Crippen molar-refractivity contribution in [3.8, 4) is 5.75 Å². The molecule has 0 atom stereocenters. The number of phenolic OH excluding ortho intramolecular Hbond substituents is 1. The van der Waals surface area contributed by atoms with Gasteiger partial charge < -0.3 is 14.4 Å². The standard InChI is InChI=1S/C15H17NO3/c1-10-8-13(17)4-5-14(10)15(18)16(3)9-12-6-7-19-11(12)2/h4-8,17H,9H2,1-3H3. The van der Waals surface area contributed by atoms with Crippen LogP contribution in [0.4, 0.5) is 0 Å². The summed E-state index contributed by atoms with van der Waals surface area (Å²) in [6.07, 6.45) is 1.62. The fraction of sp³-hybridized carbons (Fsp3) is 0.267. The van der Waals surface area contributed by atoms with E-state index in [1.54, 1.807) is 30.3 Å². The second-order valence-corrected chi connectivity index (χ2v) is 4.66. The van der Waals surface area contributed by atoms with Gasteiger partial charge in [-0.05, 0) is 43.7 Å². The highest BCUT2D eigenvalue weighted by Crippen LogP contribution is 2.18. The van der Waals surface area contributed by atoms with Gasteiger partial charge in [-0.25, -0.2) is 0 Å². The molecule has 100 valence electrons. The summed E-state index contributed by atoms with van der Waals surface area (Å²) in [6, 6.07) is 6.62. The number of benzene rings is 1. The largest absolute Gasteiger partial charge is 0.508 e. The molecule has 1 amide bonds. The molecule has 1 N–H and O–H groups in total. The van der Waals surface area contributed by atoms with E-state index in [-0.39, 0.29) is 11.7 Å². The van der Waals surface area contributed by atoms with Gasteiger partial charge >= 0.3 is 0 Å². The maximum absolute atomic E-state index is 12.3. The topological polar surface area (TPSA) is 53.7 Å². The number of amides is 1. The molecule has 4 nitrogen and oxygen atoms in total. The lowest BCUT2D eigenvalue weighted by Crippen LogP contribution is -2.26. The van der Waals surface area contributed by atoms with Crippen molar-refractivity contribution in [2.45, 2.75) is 20.4 Å². The summed E-state index contributed by atoms with van der Waals surface area (Å²) < 4.78 is 5.22. The molecule has 0 saturated carbocycles. The normalized spacial score (nSPS) is 10.5. The van der Waals surface area contributed by atoms with Gasteiger partial charge in [-0.2, -0.15) is 0 Å². The van der Waals surface area contributed by atoms with Gasteiger partial charge in [0.15, 0.2) is 0 Å². The molecular weight excluding hydrogens is 242 g/mol. The second kappa shape index (κ2) is 5.18. The molecule has 0 aliphatic rings. The summed E-state index contributed by atoms with van der Waals surface area (Å²) in [7, 11) is 1.75. The van der Waals surface area contributed by atoms with Crippen LogP contribution in [0.1, 0.15) is 27.2 Å². The summed E-state index contributed by atoms with van der Waals surface area (Å²) in [5.74, 6) is 0.919. The molecule has 0 unspecified atom stereocenters. The van der Waals surface area contributed by atoms with E-state index in [2.05, 4.69) is 0 Å². The predicted molar refractivity (Wildman–Crippen MR) is 72.1 cm³/mol. The third-order valence-corrected chi connectivity index (χ3v) is 3.16. The first kappa shape index (κ1) is 13.2. The Balaban J connectivity index is 2.17. The molecule has 0 saturated heterocycles. The molecule has 0 aliphatic heterocycles. The second-order valence-electron chi connectivity index (χ2n) is 4.66. The van der Waals surface area contributed by atoms with Gasteiger partial charge in [0, 0.05) is 24.7 Å². The van der Waals surface area contributed by atoms with Crippen LogP contribution in [0.5, 0.6) is 5.75 Å². The Morgan fingerprint density at radius 1 is 1.32 bits per heavy atom. The highest BCUT2D eigenvalue weighted by atomic mass is 16.3. The minimum absolute atomic E-state index is 0.0712. The van der Waals surface area contributed by atoms with Crippen LogP contribution in [0.25, 0.3) is 0 Å². The third-order valence-electron chi connectivity index (χ3n) is 3.16. The van der Waals surface area contributed by atoms with Crippen molar-refractivity contribution in [2.24, 2.45) is 0 Å². The molecule has 19 heavy (non-hydrogen) atoms. The maximum Gasteiger partial charge on any atom is 0.254 e. The lowest BCUT2D eigenvalue weighted by molar-refractivity contribution is 0.0784. The van der Waals surface area contributed by atoms with Crippen molar-refractivity contribution in [3.05, 3.63) is 53.0 Å². The van der Waals surface area contributed by atoms with Gasteiger partial charge in [-0.15, -0.1) is 0 Å². The fourth-order valence-electron chi connectivity index (χ4n) is 2.00. The third kappa shape index (κ3) is 2.78. The van der Waals surface area contributed by atoms with Crippen molar-refractivity contribution in [2.75, 3.05) is 7.05 Å². The summed E-state index contributed by atoms with van der Waals surface area (Å²) in [5, 5.41) is 9.36. The van der Waals surface area contributed by atoms with E-state index < -0.39 is 0 Å². The molecule has 1 aromatic heterocycles. The lowest BCUT2D eigenvalue weighted by atomic mass is 10.1. The van der Waals surface area contributed by atoms with Crippen molar-refractivity contribution in [1.82, 2.24) is 4.90 Å². The van der Waals surface area contributed by atoms with Gasteiger partial charge in [0.25, 0.3) is 5.91 Å². The number of carbonyl (C=O) groups excluding carboxylic acids is 1. The zero-order chi connectivity index (χ0) is 14.0. The lowest BCUT2D eigenvalue weighted by Gasteiger charge is -2.18. The Bertz CT molecular complexity index is 601. The number of rotatable bonds is 3. The molecule has 0 fully saturated rings. The molecule has 1 aromatic carbocycles. The summed E-state index contributed by atoms with van der Waals surface area (Å²) in [4.78, 5) is 14.0. The first-order valence-corrected chi connectivity index (χ1v) is 6.07. The van der Waals surface area contributed by atoms with E-state index in [1.165, 1.54) is 6.07 Å². The van der Waals surface area contributed by atoms with Crippen LogP contribution in [0, 0.1) is 13.8 Å². The number of hydrogen-bond acceptors (Lipinski definition) is 3. The summed E-state index contributed by atoms with van der Waals surface area (Å²) in [6.45, 7) is 4.19. The number of hydrogen-bond donors (Lipinski definition) is 1. The molecule has 2 aromatic rings. The zero-order valence-electron chi connectivity index (χ0n) is 11.3. The number of furan rings is 1. The van der Waals surface area contributed by atoms with E-state index in [1.807, 2.05) is 19.9 Å². The molecule has 0 radical (unpaired) electrons. The van der Waals surface area contributed by atoms with Crippen molar-refractivity contribution in [3.63, 3.8) is 0 Å². The predicted octanol–water partition coefficient (Wildman–Crippen LogP) is 2.87. The fourth-order valence-corrected chi connectivity index (χ4v) is 2.00. The average molecular weight is 259 g/mol. The monoisotopic (exact) mass is 259 g/mol. The van der Waals surface area contributed by atoms with Crippen LogP contribution >= 0.6 is 0 Å². The van der Waals surface area contributed by atoms with Gasteiger partial charge in [-0.3, -0.25) is 4.79 Å². The minimum atomic E-state index is -0.0712. The Labute approximate surface area is 112 Å². The number of aromatic hydroxyl groups is 1. The Hall–Kier alpha value is -2.23. The van der Waals surface area contributed by atoms with E-state index in [0.717, 1.165) is 16.9 Å². The summed E-state index contributed by atoms with van der Waals surface area (Å²) in [5.41, 5.74) is 2.36. The highest BCUT2D eigenvalue weighted by molar-refractivity contribution is 5.95. The molecule has 0 spiro atoms. The van der Waals surface area contributed by atoms with Gasteiger partial charge in [0.05, 0.1) is 6.26 Å². The van der Waals surface area contributed by atoms with Crippen LogP contribution in [0.15, 0.2) is 34.9 Å². The van der Waals surface area contributed by atoms with Crippen molar-refractivity contribution >= 4 is 5.91 Å². The SMILES string of the molecule is Cc1cc(O)ccc1C(=O)N(C)Cc1ccoc1C. The van der Waals surface area contributed by atoms with E-state index in [0.29, 0.717) is 12.1 Å². The van der Waals surface area contributed by atoms with E-state index in [4.69, 9.17) is 4.42 Å². The quantitative estimate of drug-likeness (QED) is 0.922. The van der Waals surface area contributed by atoms with Gasteiger partial charge in [-0.1, -0.05) is 0 Å². The Kier molecular flexibility index (Phi) is 3.60. The number of aryl methyl sites for hydroxylation is 2. The highest BCUT2D eigenvalue weighted by Gasteiger charge is 2.16. The molecular formula is C15H17NO3. The number of carbonyl (C=O) groups is 1. The molecule has 0 bridgehead atoms. The minimum Gasteiger partial charge on any atom is -0.508 e. The number of phenols is 1. The molecule has 2 rings (SSSR count). The average Bonchev–Trinajstić information content (AvgIpc) is 2.74. The van der Waals surface area contributed by atoms with Crippen LogP contribution in [-0.2, 0) is 6.54 Å². The molecule has 4 heteroatoms. The van der Waals surface area contributed by atoms with Crippen LogP contribution in [0.2, 0.25) is 0 Å². The Morgan fingerprint density at radius 2 is 2.05 bits per heavy atom. The van der Waals surface area contributed by atoms with E-state index >= 15 is 0 Å². The zero-order valence-corrected chi connectivity index (χ0v) is 11.3. The number of nitrogens with zero attached hydrogens (tertiary/aromatic N) is 1. The van der Waals surface area contributed by atoms with Gasteiger partial charge in [0.1, 0.15) is 11.5 Å². The Morgan fingerprint density at radius 3 is 2.63 bits per heavy atom. The van der Waals surface area contributed by atoms with Crippen molar-refractivity contribution in [1.29, 1.82) is 0 Å². The van der Waals surface area contributed by atoms with Crippen LogP contribution in [-0.4, -0.2) is 23.0 Å². The molecule has 1 heterocycles. The maximum atomic E-state index is 12.3. The summed E-state index contributed by atoms with van der Waals surface area (Å²) >= 11 is 0. The van der Waals surface area contributed by atoms with Crippen LogP contribution < -0.4 is 0 Å².